The lowest BCUT2D eigenvalue weighted by molar-refractivity contribution is 0.470. The van der Waals surface area contributed by atoms with Crippen molar-refractivity contribution in [3.8, 4) is 0 Å². The van der Waals surface area contributed by atoms with Gasteiger partial charge in [-0.25, -0.2) is 0 Å². The largest absolute Gasteiger partial charge is 0.354 e. The molecule has 0 N–H and O–H groups in total. The smallest absolute Gasteiger partial charge is 0.0247 e. The van der Waals surface area contributed by atoms with Crippen molar-refractivity contribution < 1.29 is 0 Å². The van der Waals surface area contributed by atoms with Crippen LogP contribution in [0.4, 0.5) is 0 Å². The first-order valence-electron chi connectivity index (χ1n) is 7.85. The molecular weight excluding hydrogens is 244 g/mol. The molecule has 0 atom stereocenters. The Kier molecular flexibility index (Phi) is 3.02. The van der Waals surface area contributed by atoms with Gasteiger partial charge in [-0.15, -0.1) is 0 Å². The van der Waals surface area contributed by atoms with E-state index in [2.05, 4.69) is 58.9 Å². The number of hydrogen-bond donors (Lipinski definition) is 0. The van der Waals surface area contributed by atoms with E-state index in [-0.39, 0.29) is 0 Å². The van der Waals surface area contributed by atoms with Gasteiger partial charge in [-0.05, 0) is 73.0 Å². The van der Waals surface area contributed by atoms with Gasteiger partial charge >= 0.3 is 0 Å². The molecule has 0 radical (unpaired) electrons. The minimum Gasteiger partial charge on any atom is -0.354 e. The average molecular weight is 266 g/mol. The zero-order valence-corrected chi connectivity index (χ0v) is 11.9. The summed E-state index contributed by atoms with van der Waals surface area (Å²) in [5.41, 5.74) is 2.63. The maximum absolute atomic E-state index is 2.32. The number of allylic oxidation sites excluding steroid dienone is 6. The summed E-state index contributed by atoms with van der Waals surface area (Å²) < 4.78 is 0. The van der Waals surface area contributed by atoms with Gasteiger partial charge in [0.1, 0.15) is 0 Å². The topological polar surface area (TPSA) is 6.48 Å². The molecule has 0 aromatic carbocycles. The lowest BCUT2D eigenvalue weighted by Gasteiger charge is -2.21. The molecule has 2 aliphatic heterocycles. The van der Waals surface area contributed by atoms with E-state index >= 15 is 0 Å². The van der Waals surface area contributed by atoms with Crippen molar-refractivity contribution >= 4 is 0 Å². The van der Waals surface area contributed by atoms with Gasteiger partial charge in [0.15, 0.2) is 0 Å². The number of hydrogen-bond acceptors (Lipinski definition) is 2. The Morgan fingerprint density at radius 1 is 0.650 bits per heavy atom. The Labute approximate surface area is 121 Å². The highest BCUT2D eigenvalue weighted by atomic mass is 15.1. The van der Waals surface area contributed by atoms with E-state index in [1.165, 1.54) is 49.9 Å². The highest BCUT2D eigenvalue weighted by molar-refractivity contribution is 5.48. The Morgan fingerprint density at radius 3 is 1.30 bits per heavy atom. The van der Waals surface area contributed by atoms with Crippen LogP contribution in [0.2, 0.25) is 0 Å². The molecule has 4 rings (SSSR count). The Morgan fingerprint density at radius 2 is 1.00 bits per heavy atom. The molecule has 0 saturated heterocycles. The summed E-state index contributed by atoms with van der Waals surface area (Å²) >= 11 is 0. The highest BCUT2D eigenvalue weighted by Gasteiger charge is 2.24. The molecule has 0 unspecified atom stereocenters. The molecule has 2 nitrogen and oxygen atoms in total. The minimum atomic E-state index is 0.934. The molecule has 2 aliphatic carbocycles. The average Bonchev–Trinajstić information content (AvgIpc) is 3.37. The van der Waals surface area contributed by atoms with Crippen molar-refractivity contribution in [2.45, 2.75) is 25.7 Å². The third kappa shape index (κ3) is 2.90. The molecule has 2 saturated carbocycles. The number of nitrogens with zero attached hydrogens (tertiary/aromatic N) is 2. The maximum Gasteiger partial charge on any atom is 0.0247 e. The van der Waals surface area contributed by atoms with Crippen molar-refractivity contribution in [3.63, 3.8) is 0 Å². The molecule has 0 bridgehead atoms. The van der Waals surface area contributed by atoms with E-state index in [4.69, 9.17) is 0 Å². The van der Waals surface area contributed by atoms with Crippen LogP contribution in [0.25, 0.3) is 0 Å². The van der Waals surface area contributed by atoms with Crippen molar-refractivity contribution in [2.24, 2.45) is 11.8 Å². The second-order valence-electron chi connectivity index (χ2n) is 6.45. The predicted octanol–water partition coefficient (Wildman–Crippen LogP) is 3.79. The second-order valence-corrected chi connectivity index (χ2v) is 6.45. The van der Waals surface area contributed by atoms with E-state index in [0.29, 0.717) is 0 Å². The van der Waals surface area contributed by atoms with Crippen LogP contribution >= 0.6 is 0 Å². The van der Waals surface area contributed by atoms with Crippen molar-refractivity contribution in [2.75, 3.05) is 13.1 Å². The normalized spacial score (nSPS) is 25.0. The molecule has 20 heavy (non-hydrogen) atoms. The zero-order valence-electron chi connectivity index (χ0n) is 11.9. The fourth-order valence-electron chi connectivity index (χ4n) is 2.74. The fourth-order valence-corrected chi connectivity index (χ4v) is 2.74. The summed E-state index contributed by atoms with van der Waals surface area (Å²) in [5, 5.41) is 0. The molecule has 2 heteroatoms. The molecule has 2 fully saturated rings. The van der Waals surface area contributed by atoms with Gasteiger partial charge in [0.25, 0.3) is 0 Å². The van der Waals surface area contributed by atoms with E-state index in [1.807, 2.05) is 0 Å². The van der Waals surface area contributed by atoms with E-state index in [0.717, 1.165) is 11.8 Å². The third-order valence-electron chi connectivity index (χ3n) is 4.45. The van der Waals surface area contributed by atoms with Gasteiger partial charge in [0.2, 0.25) is 0 Å². The molecule has 104 valence electrons. The van der Waals surface area contributed by atoms with Crippen LogP contribution in [-0.4, -0.2) is 22.9 Å². The van der Waals surface area contributed by atoms with Gasteiger partial charge in [-0.3, -0.25) is 0 Å². The zero-order chi connectivity index (χ0) is 13.4. The molecular formula is C18H22N2. The molecule has 2 heterocycles. The van der Waals surface area contributed by atoms with Crippen LogP contribution < -0.4 is 0 Å². The minimum absolute atomic E-state index is 0.934. The molecule has 0 aromatic heterocycles. The predicted molar refractivity (Wildman–Crippen MR) is 82.4 cm³/mol. The van der Waals surface area contributed by atoms with Gasteiger partial charge in [0.05, 0.1) is 0 Å². The van der Waals surface area contributed by atoms with Crippen LogP contribution in [0.3, 0.4) is 0 Å². The van der Waals surface area contributed by atoms with Crippen LogP contribution in [0, 0.1) is 11.8 Å². The lowest BCUT2D eigenvalue weighted by atomic mass is 10.0. The van der Waals surface area contributed by atoms with Crippen LogP contribution in [0.1, 0.15) is 25.7 Å². The molecule has 0 amide bonds. The van der Waals surface area contributed by atoms with Gasteiger partial charge < -0.3 is 9.80 Å². The first kappa shape index (κ1) is 12.1. The summed E-state index contributed by atoms with van der Waals surface area (Å²) in [6.45, 7) is 2.38. The highest BCUT2D eigenvalue weighted by Crippen LogP contribution is 2.32. The van der Waals surface area contributed by atoms with Gasteiger partial charge in [0, 0.05) is 37.9 Å². The summed E-state index contributed by atoms with van der Waals surface area (Å²) in [6.07, 6.45) is 23.5. The summed E-state index contributed by atoms with van der Waals surface area (Å²) in [6, 6.07) is 0. The maximum atomic E-state index is 2.32. The first-order valence-corrected chi connectivity index (χ1v) is 7.85. The van der Waals surface area contributed by atoms with Gasteiger partial charge in [-0.1, -0.05) is 0 Å². The summed E-state index contributed by atoms with van der Waals surface area (Å²) in [7, 11) is 0. The van der Waals surface area contributed by atoms with Crippen LogP contribution in [0.5, 0.6) is 0 Å². The Balaban J connectivity index is 1.39. The van der Waals surface area contributed by atoms with Crippen molar-refractivity contribution in [1.29, 1.82) is 0 Å². The quantitative estimate of drug-likeness (QED) is 0.764. The van der Waals surface area contributed by atoms with Crippen LogP contribution in [-0.2, 0) is 0 Å². The SMILES string of the molecule is C1=CN(CC2CC2)C=CC1=C1C=CN(CC2CC2)C=C1. The van der Waals surface area contributed by atoms with E-state index in [9.17, 15) is 0 Å². The summed E-state index contributed by atoms with van der Waals surface area (Å²) in [5.74, 6) is 1.87. The van der Waals surface area contributed by atoms with E-state index in [1.54, 1.807) is 0 Å². The monoisotopic (exact) mass is 266 g/mol. The number of rotatable bonds is 4. The summed E-state index contributed by atoms with van der Waals surface area (Å²) in [4.78, 5) is 4.63. The lowest BCUT2D eigenvalue weighted by Crippen LogP contribution is -2.16. The first-order chi connectivity index (χ1) is 9.87. The van der Waals surface area contributed by atoms with Crippen LogP contribution in [0.15, 0.2) is 60.3 Å². The van der Waals surface area contributed by atoms with Gasteiger partial charge in [-0.2, -0.15) is 0 Å². The second kappa shape index (κ2) is 5.01. The fraction of sp³-hybridized carbons (Fsp3) is 0.444. The molecule has 4 aliphatic rings. The Bertz CT molecular complexity index is 448. The molecule has 0 spiro atoms. The van der Waals surface area contributed by atoms with Crippen molar-refractivity contribution in [1.82, 2.24) is 9.80 Å². The molecule has 0 aromatic rings. The third-order valence-corrected chi connectivity index (χ3v) is 4.45. The Hall–Kier alpha value is -1.70. The van der Waals surface area contributed by atoms with Crippen molar-refractivity contribution in [3.05, 3.63) is 60.3 Å². The van der Waals surface area contributed by atoms with E-state index < -0.39 is 0 Å². The standard InChI is InChI=1S/C18H22N2/c1-2-15(1)13-19-9-5-17(6-10-19)18-7-11-20(12-8-18)14-16-3-4-16/h5-12,15-16H,1-4,13-14H2.